The number of nitrogens with zero attached hydrogens (tertiary/aromatic N) is 4. The number of aromatic amines is 2. The van der Waals surface area contributed by atoms with Gasteiger partial charge in [-0.3, -0.25) is 5.10 Å². The quantitative estimate of drug-likeness (QED) is 0.561. The van der Waals surface area contributed by atoms with Crippen molar-refractivity contribution in [2.45, 2.75) is 17.8 Å². The van der Waals surface area contributed by atoms with Crippen LogP contribution in [0.15, 0.2) is 34.9 Å². The molecule has 0 spiro atoms. The van der Waals surface area contributed by atoms with E-state index in [1.807, 2.05) is 30.5 Å². The van der Waals surface area contributed by atoms with Crippen LogP contribution >= 0.6 is 23.1 Å². The summed E-state index contributed by atoms with van der Waals surface area (Å²) in [6.07, 6.45) is 1.78. The van der Waals surface area contributed by atoms with E-state index < -0.39 is 0 Å². The van der Waals surface area contributed by atoms with E-state index in [1.165, 1.54) is 0 Å². The number of hydrogen-bond acceptors (Lipinski definition) is 6. The van der Waals surface area contributed by atoms with Gasteiger partial charge in [-0.25, -0.2) is 15.0 Å². The highest BCUT2D eigenvalue weighted by atomic mass is 32.2. The minimum Gasteiger partial charge on any atom is -0.340 e. The molecule has 8 heteroatoms. The van der Waals surface area contributed by atoms with Crippen molar-refractivity contribution in [3.63, 3.8) is 0 Å². The molecule has 110 valence electrons. The normalized spacial score (nSPS) is 11.3. The van der Waals surface area contributed by atoms with Crippen molar-refractivity contribution < 1.29 is 0 Å². The Morgan fingerprint density at radius 3 is 3.05 bits per heavy atom. The fraction of sp³-hybridized carbons (Fsp3) is 0.143. The van der Waals surface area contributed by atoms with Crippen molar-refractivity contribution in [2.75, 3.05) is 0 Å². The Balaban J connectivity index is 1.51. The molecule has 0 aliphatic heterocycles. The first-order chi connectivity index (χ1) is 10.8. The van der Waals surface area contributed by atoms with Crippen molar-refractivity contribution >= 4 is 34.3 Å². The number of nitrogens with one attached hydrogen (secondary N) is 2. The van der Waals surface area contributed by atoms with E-state index in [9.17, 15) is 0 Å². The summed E-state index contributed by atoms with van der Waals surface area (Å²) in [6, 6.07) is 5.99. The van der Waals surface area contributed by atoms with Crippen LogP contribution in [-0.4, -0.2) is 30.1 Å². The molecule has 0 atom stereocenters. The summed E-state index contributed by atoms with van der Waals surface area (Å²) in [4.78, 5) is 17.6. The number of thiophene rings is 1. The van der Waals surface area contributed by atoms with E-state index in [4.69, 9.17) is 0 Å². The molecule has 0 aliphatic carbocycles. The largest absolute Gasteiger partial charge is 0.340 e. The second kappa shape index (κ2) is 5.54. The summed E-state index contributed by atoms with van der Waals surface area (Å²) in [7, 11) is 0. The lowest BCUT2D eigenvalue weighted by Crippen LogP contribution is -1.84. The van der Waals surface area contributed by atoms with E-state index in [2.05, 4.69) is 30.1 Å². The molecule has 0 amide bonds. The number of pyridine rings is 1. The van der Waals surface area contributed by atoms with Gasteiger partial charge in [-0.1, -0.05) is 17.8 Å². The molecule has 22 heavy (non-hydrogen) atoms. The lowest BCUT2D eigenvalue weighted by molar-refractivity contribution is 0.970. The van der Waals surface area contributed by atoms with Gasteiger partial charge < -0.3 is 4.98 Å². The summed E-state index contributed by atoms with van der Waals surface area (Å²) in [5, 5.41) is 9.94. The van der Waals surface area contributed by atoms with Crippen molar-refractivity contribution in [3.8, 4) is 10.7 Å². The fourth-order valence-electron chi connectivity index (χ4n) is 2.12. The molecule has 0 saturated heterocycles. The molecule has 4 aromatic rings. The van der Waals surface area contributed by atoms with Crippen LogP contribution in [0.4, 0.5) is 0 Å². The minimum absolute atomic E-state index is 0.678. The highest BCUT2D eigenvalue weighted by molar-refractivity contribution is 7.98. The lowest BCUT2D eigenvalue weighted by Gasteiger charge is -1.92. The summed E-state index contributed by atoms with van der Waals surface area (Å²) in [5.74, 6) is 2.36. The van der Waals surface area contributed by atoms with Crippen LogP contribution in [0.2, 0.25) is 0 Å². The van der Waals surface area contributed by atoms with Gasteiger partial charge in [0.25, 0.3) is 0 Å². The van der Waals surface area contributed by atoms with Gasteiger partial charge in [0.2, 0.25) is 5.16 Å². The van der Waals surface area contributed by atoms with E-state index in [0.29, 0.717) is 10.9 Å². The van der Waals surface area contributed by atoms with Gasteiger partial charge in [0.05, 0.1) is 16.1 Å². The second-order valence-electron chi connectivity index (χ2n) is 4.74. The van der Waals surface area contributed by atoms with Crippen LogP contribution in [0, 0.1) is 6.92 Å². The highest BCUT2D eigenvalue weighted by Gasteiger charge is 2.10. The summed E-state index contributed by atoms with van der Waals surface area (Å²) >= 11 is 3.18. The zero-order valence-electron chi connectivity index (χ0n) is 11.7. The zero-order chi connectivity index (χ0) is 14.9. The maximum Gasteiger partial charge on any atom is 0.209 e. The first kappa shape index (κ1) is 13.5. The standard InChI is InChI=1S/C14H12N6S2/c1-8-4-5-15-13-11(8)16-10(17-13)7-22-14-18-12(19-20-14)9-3-2-6-21-9/h2-6H,7H2,1H3,(H,15,16,17)(H,18,19,20). The molecule has 0 unspecified atom stereocenters. The summed E-state index contributed by atoms with van der Waals surface area (Å²) < 4.78 is 0. The molecule has 0 radical (unpaired) electrons. The predicted octanol–water partition coefficient (Wildman–Crippen LogP) is 3.41. The van der Waals surface area contributed by atoms with Crippen LogP contribution in [0.3, 0.4) is 0 Å². The van der Waals surface area contributed by atoms with Gasteiger partial charge in [-0.2, -0.15) is 0 Å². The maximum absolute atomic E-state index is 4.49. The molecule has 0 bridgehead atoms. The number of hydrogen-bond donors (Lipinski definition) is 2. The van der Waals surface area contributed by atoms with Crippen LogP contribution in [0.1, 0.15) is 11.4 Å². The third-order valence-corrected chi connectivity index (χ3v) is 4.94. The average Bonchev–Trinajstić information content (AvgIpc) is 3.25. The molecule has 6 nitrogen and oxygen atoms in total. The number of fused-ring (bicyclic) bond motifs is 1. The molecule has 0 saturated carbocycles. The molecule has 4 rings (SSSR count). The Labute approximate surface area is 134 Å². The molecule has 0 fully saturated rings. The van der Waals surface area contributed by atoms with Crippen LogP contribution in [0.25, 0.3) is 21.9 Å². The van der Waals surface area contributed by atoms with Crippen molar-refractivity contribution in [1.82, 2.24) is 30.1 Å². The van der Waals surface area contributed by atoms with E-state index >= 15 is 0 Å². The van der Waals surface area contributed by atoms with Crippen LogP contribution in [-0.2, 0) is 5.75 Å². The Kier molecular flexibility index (Phi) is 3.39. The molecular formula is C14H12N6S2. The van der Waals surface area contributed by atoms with Crippen molar-refractivity contribution in [1.29, 1.82) is 0 Å². The Bertz CT molecular complexity index is 909. The van der Waals surface area contributed by atoms with Crippen molar-refractivity contribution in [2.24, 2.45) is 0 Å². The molecule has 0 aromatic carbocycles. The third-order valence-electron chi connectivity index (χ3n) is 3.21. The second-order valence-corrected chi connectivity index (χ2v) is 6.63. The fourth-order valence-corrected chi connectivity index (χ4v) is 3.45. The molecule has 2 N–H and O–H groups in total. The first-order valence-corrected chi connectivity index (χ1v) is 8.55. The minimum atomic E-state index is 0.678. The van der Waals surface area contributed by atoms with Gasteiger partial charge in [-0.05, 0) is 30.0 Å². The smallest absolute Gasteiger partial charge is 0.209 e. The molecule has 4 heterocycles. The van der Waals surface area contributed by atoms with Crippen LogP contribution in [0.5, 0.6) is 0 Å². The maximum atomic E-state index is 4.49. The number of aromatic nitrogens is 6. The highest BCUT2D eigenvalue weighted by Crippen LogP contribution is 2.25. The number of rotatable bonds is 4. The van der Waals surface area contributed by atoms with Gasteiger partial charge in [0.1, 0.15) is 5.82 Å². The number of aryl methyl sites for hydroxylation is 1. The summed E-state index contributed by atoms with van der Waals surface area (Å²) in [5.41, 5.74) is 2.89. The SMILES string of the molecule is Cc1ccnc2nc(CSc3n[nH]c(-c4cccs4)n3)[nH]c12. The number of H-pyrrole nitrogens is 2. The number of imidazole rings is 1. The van der Waals surface area contributed by atoms with Gasteiger partial charge in [0.15, 0.2) is 11.5 Å². The van der Waals surface area contributed by atoms with E-state index in [0.717, 1.165) is 33.3 Å². The van der Waals surface area contributed by atoms with E-state index in [-0.39, 0.29) is 0 Å². The lowest BCUT2D eigenvalue weighted by atomic mass is 10.3. The molecule has 0 aliphatic rings. The predicted molar refractivity (Wildman–Crippen MR) is 87.9 cm³/mol. The van der Waals surface area contributed by atoms with Gasteiger partial charge in [-0.15, -0.1) is 16.4 Å². The average molecular weight is 328 g/mol. The zero-order valence-corrected chi connectivity index (χ0v) is 13.3. The van der Waals surface area contributed by atoms with Crippen molar-refractivity contribution in [3.05, 3.63) is 41.2 Å². The molecule has 4 aromatic heterocycles. The number of thioether (sulfide) groups is 1. The Hall–Kier alpha value is -2.19. The Morgan fingerprint density at radius 1 is 1.27 bits per heavy atom. The molecular weight excluding hydrogens is 316 g/mol. The first-order valence-electron chi connectivity index (χ1n) is 6.69. The Morgan fingerprint density at radius 2 is 2.23 bits per heavy atom. The summed E-state index contributed by atoms with van der Waals surface area (Å²) in [6.45, 7) is 2.04. The third kappa shape index (κ3) is 2.51. The monoisotopic (exact) mass is 328 g/mol. The van der Waals surface area contributed by atoms with E-state index in [1.54, 1.807) is 29.3 Å². The topological polar surface area (TPSA) is 83.1 Å². The van der Waals surface area contributed by atoms with Gasteiger partial charge in [0, 0.05) is 6.20 Å². The van der Waals surface area contributed by atoms with Gasteiger partial charge >= 0.3 is 0 Å². The van der Waals surface area contributed by atoms with Crippen LogP contribution < -0.4 is 0 Å².